The van der Waals surface area contributed by atoms with E-state index in [4.69, 9.17) is 4.74 Å². The zero-order chi connectivity index (χ0) is 21.2. The molecule has 0 spiro atoms. The number of hydrogen-bond donors (Lipinski definition) is 0. The Morgan fingerprint density at radius 1 is 1.03 bits per heavy atom. The van der Waals surface area contributed by atoms with Crippen molar-refractivity contribution >= 4 is 5.97 Å². The molecule has 30 heavy (non-hydrogen) atoms. The Labute approximate surface area is 181 Å². The summed E-state index contributed by atoms with van der Waals surface area (Å²) in [5, 5.41) is 0. The molecule has 1 saturated carbocycles. The number of unbranched alkanes of at least 4 members (excludes halogenated alkanes) is 2. The highest BCUT2D eigenvalue weighted by Crippen LogP contribution is 2.35. The van der Waals surface area contributed by atoms with Crippen LogP contribution in [0.3, 0.4) is 0 Å². The number of aromatic nitrogens is 1. The molecule has 0 radical (unpaired) electrons. The first-order valence-corrected chi connectivity index (χ1v) is 11.6. The van der Waals surface area contributed by atoms with Gasteiger partial charge in [0.15, 0.2) is 0 Å². The molecule has 0 unspecified atom stereocenters. The predicted octanol–water partition coefficient (Wildman–Crippen LogP) is 7.02. The highest BCUT2D eigenvalue weighted by Gasteiger charge is 2.24. The number of hydrogen-bond acceptors (Lipinski definition) is 3. The smallest absolute Gasteiger partial charge is 0.330 e. The molecule has 1 heterocycles. The van der Waals surface area contributed by atoms with Crippen molar-refractivity contribution in [3.8, 4) is 11.3 Å². The van der Waals surface area contributed by atoms with Crippen LogP contribution in [0, 0.1) is 0 Å². The fourth-order valence-electron chi connectivity index (χ4n) is 4.18. The monoisotopic (exact) mass is 405 g/mol. The molecule has 0 amide bonds. The van der Waals surface area contributed by atoms with E-state index in [1.807, 2.05) is 19.2 Å². The zero-order valence-electron chi connectivity index (χ0n) is 18.5. The molecule has 3 rings (SSSR count). The molecule has 1 aliphatic rings. The molecule has 2 aromatic rings. The standard InChI is InChI=1S/C27H35NO2/c1-3-5-7-8-21-10-19-26(28-20-21)24-13-11-22(12-14-24)23-15-17-25(18-16-23)30-27(29)9-6-4-2/h6,9-14,19-20,23,25H,3-5,7-8,15-18H2,1-2H3. The second-order valence-corrected chi connectivity index (χ2v) is 8.35. The van der Waals surface area contributed by atoms with Gasteiger partial charge in [-0.1, -0.05) is 63.1 Å². The van der Waals surface area contributed by atoms with E-state index in [0.717, 1.165) is 44.2 Å². The summed E-state index contributed by atoms with van der Waals surface area (Å²) in [7, 11) is 0. The summed E-state index contributed by atoms with van der Waals surface area (Å²) in [6.07, 6.45) is 15.3. The van der Waals surface area contributed by atoms with Crippen LogP contribution >= 0.6 is 0 Å². The molecule has 0 saturated heterocycles. The molecule has 0 bridgehead atoms. The number of benzene rings is 1. The van der Waals surface area contributed by atoms with Gasteiger partial charge in [0.05, 0.1) is 5.69 Å². The summed E-state index contributed by atoms with van der Waals surface area (Å²) < 4.78 is 5.56. The van der Waals surface area contributed by atoms with Crippen molar-refractivity contribution in [3.63, 3.8) is 0 Å². The van der Waals surface area contributed by atoms with Gasteiger partial charge in [-0.25, -0.2) is 4.79 Å². The summed E-state index contributed by atoms with van der Waals surface area (Å²) >= 11 is 0. The van der Waals surface area contributed by atoms with Crippen LogP contribution in [0.4, 0.5) is 0 Å². The van der Waals surface area contributed by atoms with Gasteiger partial charge in [-0.15, -0.1) is 0 Å². The van der Waals surface area contributed by atoms with Crippen molar-refractivity contribution in [2.75, 3.05) is 0 Å². The first-order valence-electron chi connectivity index (χ1n) is 11.6. The Morgan fingerprint density at radius 3 is 2.43 bits per heavy atom. The van der Waals surface area contributed by atoms with Gasteiger partial charge >= 0.3 is 5.97 Å². The second kappa shape index (κ2) is 11.7. The summed E-state index contributed by atoms with van der Waals surface area (Å²) in [4.78, 5) is 16.4. The number of nitrogens with zero attached hydrogens (tertiary/aromatic N) is 1. The SMILES string of the molecule is CCC=CC(=O)OC1CCC(c2ccc(-c3ccc(CCCCC)cn3)cc2)CC1. The van der Waals surface area contributed by atoms with Gasteiger partial charge in [-0.3, -0.25) is 4.98 Å². The lowest BCUT2D eigenvalue weighted by Gasteiger charge is -2.28. The minimum Gasteiger partial charge on any atom is -0.459 e. The van der Waals surface area contributed by atoms with Crippen molar-refractivity contribution in [2.45, 2.75) is 83.7 Å². The lowest BCUT2D eigenvalue weighted by molar-refractivity contribution is -0.144. The number of carbonyl (C=O) groups is 1. The molecule has 160 valence electrons. The maximum Gasteiger partial charge on any atom is 0.330 e. The number of ether oxygens (including phenoxy) is 1. The molecule has 0 atom stereocenters. The molecule has 0 aliphatic heterocycles. The van der Waals surface area contributed by atoms with E-state index in [2.05, 4.69) is 48.3 Å². The first-order chi connectivity index (χ1) is 14.7. The van der Waals surface area contributed by atoms with Gasteiger partial charge in [0.2, 0.25) is 0 Å². The molecule has 3 nitrogen and oxygen atoms in total. The fourth-order valence-corrected chi connectivity index (χ4v) is 4.18. The third-order valence-corrected chi connectivity index (χ3v) is 6.02. The summed E-state index contributed by atoms with van der Waals surface area (Å²) in [5.74, 6) is 0.350. The Bertz CT molecular complexity index is 800. The maximum atomic E-state index is 11.8. The Kier molecular flexibility index (Phi) is 8.67. The van der Waals surface area contributed by atoms with Crippen molar-refractivity contribution < 1.29 is 9.53 Å². The molecular weight excluding hydrogens is 370 g/mol. The Balaban J connectivity index is 1.51. The minimum absolute atomic E-state index is 0.0644. The van der Waals surface area contributed by atoms with Gasteiger partial charge in [-0.2, -0.15) is 0 Å². The third kappa shape index (κ3) is 6.55. The van der Waals surface area contributed by atoms with Crippen molar-refractivity contribution in [2.24, 2.45) is 0 Å². The number of pyridine rings is 1. The Hall–Kier alpha value is -2.42. The second-order valence-electron chi connectivity index (χ2n) is 8.35. The quantitative estimate of drug-likeness (QED) is 0.256. The molecule has 1 fully saturated rings. The van der Waals surface area contributed by atoms with Crippen LogP contribution in [0.25, 0.3) is 11.3 Å². The van der Waals surface area contributed by atoms with E-state index >= 15 is 0 Å². The van der Waals surface area contributed by atoms with Crippen LogP contribution in [0.15, 0.2) is 54.7 Å². The molecule has 1 aliphatic carbocycles. The molecule has 1 aromatic carbocycles. The van der Waals surface area contributed by atoms with E-state index in [1.165, 1.54) is 36.0 Å². The van der Waals surface area contributed by atoms with E-state index in [0.29, 0.717) is 5.92 Å². The van der Waals surface area contributed by atoms with E-state index in [9.17, 15) is 4.79 Å². The van der Waals surface area contributed by atoms with Gasteiger partial charge in [-0.05, 0) is 68.1 Å². The lowest BCUT2D eigenvalue weighted by Crippen LogP contribution is -2.23. The highest BCUT2D eigenvalue weighted by atomic mass is 16.5. The predicted molar refractivity (Wildman–Crippen MR) is 123 cm³/mol. The van der Waals surface area contributed by atoms with Crippen molar-refractivity contribution in [1.82, 2.24) is 4.98 Å². The third-order valence-electron chi connectivity index (χ3n) is 6.02. The average molecular weight is 406 g/mol. The van der Waals surface area contributed by atoms with E-state index in [1.54, 1.807) is 6.08 Å². The van der Waals surface area contributed by atoms with Crippen molar-refractivity contribution in [1.29, 1.82) is 0 Å². The molecule has 3 heteroatoms. The fraction of sp³-hybridized carbons (Fsp3) is 0.481. The van der Waals surface area contributed by atoms with Crippen LogP contribution < -0.4 is 0 Å². The lowest BCUT2D eigenvalue weighted by atomic mass is 9.82. The van der Waals surface area contributed by atoms with Crippen LogP contribution in [-0.2, 0) is 16.0 Å². The van der Waals surface area contributed by atoms with E-state index in [-0.39, 0.29) is 12.1 Å². The van der Waals surface area contributed by atoms with Crippen LogP contribution in [0.2, 0.25) is 0 Å². The number of esters is 1. The van der Waals surface area contributed by atoms with Gasteiger partial charge in [0.25, 0.3) is 0 Å². The average Bonchev–Trinajstić information content (AvgIpc) is 2.79. The van der Waals surface area contributed by atoms with Gasteiger partial charge in [0.1, 0.15) is 6.10 Å². The topological polar surface area (TPSA) is 39.2 Å². The first kappa shape index (κ1) is 22.3. The maximum absolute atomic E-state index is 11.8. The molecular formula is C27H35NO2. The normalized spacial score (nSPS) is 19.1. The Morgan fingerprint density at radius 2 is 1.80 bits per heavy atom. The van der Waals surface area contributed by atoms with E-state index < -0.39 is 0 Å². The highest BCUT2D eigenvalue weighted by molar-refractivity contribution is 5.82. The van der Waals surface area contributed by atoms with Gasteiger partial charge < -0.3 is 4.74 Å². The van der Waals surface area contributed by atoms with Gasteiger partial charge in [0, 0.05) is 17.8 Å². The number of aryl methyl sites for hydroxylation is 1. The number of rotatable bonds is 9. The van der Waals surface area contributed by atoms with Crippen LogP contribution in [0.1, 0.15) is 82.3 Å². The number of carbonyl (C=O) groups excluding carboxylic acids is 1. The summed E-state index contributed by atoms with van der Waals surface area (Å²) in [6.45, 7) is 4.25. The summed E-state index contributed by atoms with van der Waals surface area (Å²) in [5.41, 5.74) is 4.91. The minimum atomic E-state index is -0.200. The molecule has 1 aromatic heterocycles. The number of allylic oxidation sites excluding steroid dienone is 1. The van der Waals surface area contributed by atoms with Crippen molar-refractivity contribution in [3.05, 3.63) is 65.9 Å². The van der Waals surface area contributed by atoms with Crippen LogP contribution in [-0.4, -0.2) is 17.1 Å². The van der Waals surface area contributed by atoms with Crippen LogP contribution in [0.5, 0.6) is 0 Å². The summed E-state index contributed by atoms with van der Waals surface area (Å²) in [6, 6.07) is 13.2. The molecule has 0 N–H and O–H groups in total. The zero-order valence-corrected chi connectivity index (χ0v) is 18.5. The largest absolute Gasteiger partial charge is 0.459 e.